The number of amides is 1. The maximum absolute atomic E-state index is 13.8. The third-order valence-electron chi connectivity index (χ3n) is 4.46. The van der Waals surface area contributed by atoms with Crippen LogP contribution in [0.4, 0.5) is 10.1 Å². The first-order chi connectivity index (χ1) is 11.2. The summed E-state index contributed by atoms with van der Waals surface area (Å²) in [5, 5.41) is 9.19. The fourth-order valence-electron chi connectivity index (χ4n) is 3.24. The van der Waals surface area contributed by atoms with Crippen molar-refractivity contribution < 1.29 is 13.9 Å². The molecule has 122 valence electrons. The van der Waals surface area contributed by atoms with Crippen molar-refractivity contribution in [3.63, 3.8) is 0 Å². The Bertz CT molecular complexity index is 623. The third kappa shape index (κ3) is 3.30. The summed E-state index contributed by atoms with van der Waals surface area (Å²) >= 11 is 0. The van der Waals surface area contributed by atoms with E-state index in [0.29, 0.717) is 38.5 Å². The van der Waals surface area contributed by atoms with Gasteiger partial charge in [-0.2, -0.15) is 5.26 Å². The standard InChI is InChI=1S/C17H20FN3O2/c18-14-4-1-5-15(13(14)12-19)20-7-3-8-21(10-9-20)17(22)16-6-2-11-23-16/h1,4-5,16H,2-3,6-11H2. The Kier molecular flexibility index (Phi) is 4.77. The molecule has 0 N–H and O–H groups in total. The fourth-order valence-corrected chi connectivity index (χ4v) is 3.24. The predicted octanol–water partition coefficient (Wildman–Crippen LogP) is 1.92. The Morgan fingerprint density at radius 1 is 1.26 bits per heavy atom. The van der Waals surface area contributed by atoms with E-state index in [0.717, 1.165) is 19.3 Å². The number of hydrogen-bond donors (Lipinski definition) is 0. The van der Waals surface area contributed by atoms with Gasteiger partial charge < -0.3 is 14.5 Å². The second-order valence-corrected chi connectivity index (χ2v) is 5.91. The van der Waals surface area contributed by atoms with Crippen LogP contribution < -0.4 is 4.90 Å². The molecule has 0 radical (unpaired) electrons. The number of carbonyl (C=O) groups is 1. The van der Waals surface area contributed by atoms with E-state index in [9.17, 15) is 14.4 Å². The number of nitrogens with zero attached hydrogens (tertiary/aromatic N) is 3. The van der Waals surface area contributed by atoms with Crippen molar-refractivity contribution in [1.29, 1.82) is 5.26 Å². The van der Waals surface area contributed by atoms with E-state index >= 15 is 0 Å². The van der Waals surface area contributed by atoms with Gasteiger partial charge in [0.25, 0.3) is 5.91 Å². The number of carbonyl (C=O) groups excluding carboxylic acids is 1. The SMILES string of the molecule is N#Cc1c(F)cccc1N1CCCN(C(=O)C2CCCO2)CC1. The molecule has 6 heteroatoms. The summed E-state index contributed by atoms with van der Waals surface area (Å²) in [4.78, 5) is 16.3. The van der Waals surface area contributed by atoms with Crippen molar-refractivity contribution >= 4 is 11.6 Å². The predicted molar refractivity (Wildman–Crippen MR) is 83.5 cm³/mol. The summed E-state index contributed by atoms with van der Waals surface area (Å²) in [5.74, 6) is -0.439. The molecule has 2 aliphatic heterocycles. The Balaban J connectivity index is 1.70. The average molecular weight is 317 g/mol. The topological polar surface area (TPSA) is 56.6 Å². The molecule has 0 saturated carbocycles. The molecule has 5 nitrogen and oxygen atoms in total. The lowest BCUT2D eigenvalue weighted by Crippen LogP contribution is -2.41. The number of nitriles is 1. The van der Waals surface area contributed by atoms with Crippen molar-refractivity contribution in [2.75, 3.05) is 37.7 Å². The van der Waals surface area contributed by atoms with Gasteiger partial charge in [-0.3, -0.25) is 4.79 Å². The molecular formula is C17H20FN3O2. The Morgan fingerprint density at radius 2 is 2.13 bits per heavy atom. The van der Waals surface area contributed by atoms with Crippen molar-refractivity contribution in [2.45, 2.75) is 25.4 Å². The zero-order valence-corrected chi connectivity index (χ0v) is 13.0. The highest BCUT2D eigenvalue weighted by Gasteiger charge is 2.29. The molecular weight excluding hydrogens is 297 g/mol. The van der Waals surface area contributed by atoms with E-state index in [2.05, 4.69) is 0 Å². The summed E-state index contributed by atoms with van der Waals surface area (Å²) in [5.41, 5.74) is 0.685. The molecule has 2 aliphatic rings. The first-order valence-electron chi connectivity index (χ1n) is 8.04. The molecule has 0 aliphatic carbocycles. The quantitative estimate of drug-likeness (QED) is 0.836. The zero-order chi connectivity index (χ0) is 16.2. The van der Waals surface area contributed by atoms with E-state index in [1.807, 2.05) is 15.9 Å². The summed E-state index contributed by atoms with van der Waals surface area (Å²) in [7, 11) is 0. The zero-order valence-electron chi connectivity index (χ0n) is 13.0. The number of rotatable bonds is 2. The fraction of sp³-hybridized carbons (Fsp3) is 0.529. The molecule has 1 amide bonds. The maximum atomic E-state index is 13.8. The van der Waals surface area contributed by atoms with Gasteiger partial charge in [-0.05, 0) is 31.4 Å². The van der Waals surface area contributed by atoms with Crippen molar-refractivity contribution in [2.24, 2.45) is 0 Å². The molecule has 1 aromatic rings. The van der Waals surface area contributed by atoms with Crippen molar-refractivity contribution in [3.05, 3.63) is 29.6 Å². The molecule has 2 fully saturated rings. The highest BCUT2D eigenvalue weighted by atomic mass is 19.1. The molecule has 2 saturated heterocycles. The van der Waals surface area contributed by atoms with Gasteiger partial charge in [-0.15, -0.1) is 0 Å². The van der Waals surface area contributed by atoms with Gasteiger partial charge in [-0.25, -0.2) is 4.39 Å². The molecule has 1 unspecified atom stereocenters. The van der Waals surface area contributed by atoms with Crippen LogP contribution in [-0.2, 0) is 9.53 Å². The van der Waals surface area contributed by atoms with Crippen LogP contribution in [0.15, 0.2) is 18.2 Å². The van der Waals surface area contributed by atoms with E-state index in [-0.39, 0.29) is 17.6 Å². The number of ether oxygens (including phenoxy) is 1. The lowest BCUT2D eigenvalue weighted by atomic mass is 10.1. The first-order valence-corrected chi connectivity index (χ1v) is 8.04. The first kappa shape index (κ1) is 15.8. The lowest BCUT2D eigenvalue weighted by Gasteiger charge is -2.25. The largest absolute Gasteiger partial charge is 0.369 e. The second kappa shape index (κ2) is 6.97. The van der Waals surface area contributed by atoms with E-state index < -0.39 is 5.82 Å². The van der Waals surface area contributed by atoms with Crippen molar-refractivity contribution in [3.8, 4) is 6.07 Å². The highest BCUT2D eigenvalue weighted by Crippen LogP contribution is 2.24. The monoisotopic (exact) mass is 317 g/mol. The number of halogens is 1. The minimum atomic E-state index is -0.499. The third-order valence-corrected chi connectivity index (χ3v) is 4.46. The van der Waals surface area contributed by atoms with Crippen molar-refractivity contribution in [1.82, 2.24) is 4.90 Å². The van der Waals surface area contributed by atoms with Gasteiger partial charge in [-0.1, -0.05) is 6.07 Å². The molecule has 1 aromatic carbocycles. The molecule has 2 heterocycles. The van der Waals surface area contributed by atoms with Crippen LogP contribution in [-0.4, -0.2) is 49.7 Å². The van der Waals surface area contributed by atoms with Gasteiger partial charge in [0, 0.05) is 32.8 Å². The van der Waals surface area contributed by atoms with Crippen LogP contribution in [0, 0.1) is 17.1 Å². The Morgan fingerprint density at radius 3 is 2.87 bits per heavy atom. The van der Waals surface area contributed by atoms with Gasteiger partial charge in [0.1, 0.15) is 23.6 Å². The Hall–Kier alpha value is -2.13. The van der Waals surface area contributed by atoms with E-state index in [1.165, 1.54) is 6.07 Å². The summed E-state index contributed by atoms with van der Waals surface area (Å²) in [6, 6.07) is 6.62. The molecule has 23 heavy (non-hydrogen) atoms. The molecule has 3 rings (SSSR count). The minimum Gasteiger partial charge on any atom is -0.369 e. The number of benzene rings is 1. The van der Waals surface area contributed by atoms with E-state index in [4.69, 9.17) is 4.74 Å². The molecule has 0 spiro atoms. The van der Waals surface area contributed by atoms with Crippen LogP contribution in [0.25, 0.3) is 0 Å². The number of anilines is 1. The second-order valence-electron chi connectivity index (χ2n) is 5.91. The lowest BCUT2D eigenvalue weighted by molar-refractivity contribution is -0.140. The van der Waals surface area contributed by atoms with Gasteiger partial charge in [0.2, 0.25) is 0 Å². The van der Waals surface area contributed by atoms with Gasteiger partial charge >= 0.3 is 0 Å². The van der Waals surface area contributed by atoms with Crippen LogP contribution in [0.1, 0.15) is 24.8 Å². The minimum absolute atomic E-state index is 0.0594. The van der Waals surface area contributed by atoms with Crippen LogP contribution in [0.3, 0.4) is 0 Å². The van der Waals surface area contributed by atoms with Crippen LogP contribution in [0.2, 0.25) is 0 Å². The summed E-state index contributed by atoms with van der Waals surface area (Å²) in [6.45, 7) is 3.20. The van der Waals surface area contributed by atoms with Crippen LogP contribution >= 0.6 is 0 Å². The van der Waals surface area contributed by atoms with Crippen LogP contribution in [0.5, 0.6) is 0 Å². The van der Waals surface area contributed by atoms with Gasteiger partial charge in [0.05, 0.1) is 5.69 Å². The molecule has 0 aromatic heterocycles. The Labute approximate surface area is 135 Å². The maximum Gasteiger partial charge on any atom is 0.251 e. The normalized spacial score (nSPS) is 21.8. The highest BCUT2D eigenvalue weighted by molar-refractivity contribution is 5.81. The summed E-state index contributed by atoms with van der Waals surface area (Å²) in [6.07, 6.45) is 2.22. The smallest absolute Gasteiger partial charge is 0.251 e. The summed E-state index contributed by atoms with van der Waals surface area (Å²) < 4.78 is 19.3. The number of hydrogen-bond acceptors (Lipinski definition) is 4. The van der Waals surface area contributed by atoms with E-state index in [1.54, 1.807) is 12.1 Å². The average Bonchev–Trinajstić information content (AvgIpc) is 2.99. The molecule has 0 bridgehead atoms. The van der Waals surface area contributed by atoms with Gasteiger partial charge in [0.15, 0.2) is 0 Å². The molecule has 1 atom stereocenters.